The Hall–Kier alpha value is -1.92. The van der Waals surface area contributed by atoms with Crippen molar-refractivity contribution in [2.24, 2.45) is 0 Å². The maximum Gasteiger partial charge on any atom is 0.287 e. The molecular weight excluding hydrogens is 314 g/mol. The van der Waals surface area contributed by atoms with E-state index in [0.29, 0.717) is 30.4 Å². The van der Waals surface area contributed by atoms with Gasteiger partial charge < -0.3 is 14.5 Å². The monoisotopic (exact) mass is 335 g/mol. The van der Waals surface area contributed by atoms with Gasteiger partial charge in [0.05, 0.1) is 12.4 Å². The number of furan rings is 1. The van der Waals surface area contributed by atoms with E-state index in [-0.39, 0.29) is 11.7 Å². The summed E-state index contributed by atoms with van der Waals surface area (Å²) in [5.74, 6) is 1.24. The van der Waals surface area contributed by atoms with Gasteiger partial charge in [-0.3, -0.25) is 9.00 Å². The fraction of sp³-hybridized carbons (Fsp3) is 0.353. The molecular formula is C17H21NO4S. The SMILES string of the molecule is COCCNC(=O)c1ccc(C[S@](=O)Cc2ccc(C)cc2)o1. The highest BCUT2D eigenvalue weighted by Gasteiger charge is 2.12. The van der Waals surface area contributed by atoms with Gasteiger partial charge in [-0.1, -0.05) is 29.8 Å². The van der Waals surface area contributed by atoms with E-state index in [1.165, 1.54) is 5.56 Å². The molecule has 1 atom stereocenters. The van der Waals surface area contributed by atoms with Crippen molar-refractivity contribution in [2.75, 3.05) is 20.3 Å². The Morgan fingerprint density at radius 2 is 1.91 bits per heavy atom. The Morgan fingerprint density at radius 3 is 2.61 bits per heavy atom. The summed E-state index contributed by atoms with van der Waals surface area (Å²) in [6.07, 6.45) is 0. The Morgan fingerprint density at radius 1 is 1.17 bits per heavy atom. The zero-order valence-electron chi connectivity index (χ0n) is 13.3. The summed E-state index contributed by atoms with van der Waals surface area (Å²) in [6.45, 7) is 2.88. The number of carbonyl (C=O) groups excluding carboxylic acids is 1. The van der Waals surface area contributed by atoms with Crippen LogP contribution < -0.4 is 5.32 Å². The summed E-state index contributed by atoms with van der Waals surface area (Å²) in [5.41, 5.74) is 2.20. The minimum absolute atomic E-state index is 0.225. The van der Waals surface area contributed by atoms with Crippen LogP contribution in [0.25, 0.3) is 0 Å². The lowest BCUT2D eigenvalue weighted by Crippen LogP contribution is -2.26. The van der Waals surface area contributed by atoms with Crippen molar-refractivity contribution >= 4 is 16.7 Å². The fourth-order valence-corrected chi connectivity index (χ4v) is 3.15. The molecule has 0 fully saturated rings. The molecule has 5 nitrogen and oxygen atoms in total. The number of methoxy groups -OCH3 is 1. The van der Waals surface area contributed by atoms with Crippen molar-refractivity contribution < 1.29 is 18.2 Å². The molecule has 1 heterocycles. The molecule has 1 amide bonds. The first-order valence-corrected chi connectivity index (χ1v) is 8.83. The minimum Gasteiger partial charge on any atom is -0.455 e. The number of hydrogen-bond acceptors (Lipinski definition) is 4. The first-order chi connectivity index (χ1) is 11.1. The molecule has 1 aromatic heterocycles. The van der Waals surface area contributed by atoms with E-state index in [1.54, 1.807) is 19.2 Å². The summed E-state index contributed by atoms with van der Waals surface area (Å²) in [6, 6.07) is 11.2. The summed E-state index contributed by atoms with van der Waals surface area (Å²) in [7, 11) is 0.489. The second kappa shape index (κ2) is 8.64. The standard InChI is InChI=1S/C17H21NO4S/c1-13-3-5-14(6-4-13)11-23(20)12-15-7-8-16(22-15)17(19)18-9-10-21-2/h3-8H,9-12H2,1-2H3,(H,18,19)/t23-/m1/s1. The third-order valence-electron chi connectivity index (χ3n) is 3.23. The van der Waals surface area contributed by atoms with Crippen LogP contribution in [0.3, 0.4) is 0 Å². The van der Waals surface area contributed by atoms with Crippen LogP contribution in [0.1, 0.15) is 27.4 Å². The Bertz CT molecular complexity index is 663. The summed E-state index contributed by atoms with van der Waals surface area (Å²) >= 11 is 0. The third kappa shape index (κ3) is 5.65. The molecule has 23 heavy (non-hydrogen) atoms. The molecule has 1 aromatic carbocycles. The van der Waals surface area contributed by atoms with Gasteiger partial charge in [0.15, 0.2) is 5.76 Å². The van der Waals surface area contributed by atoms with Gasteiger partial charge in [0, 0.05) is 30.2 Å². The predicted octanol–water partition coefficient (Wildman–Crippen LogP) is 2.41. The van der Waals surface area contributed by atoms with Crippen molar-refractivity contribution in [3.8, 4) is 0 Å². The molecule has 0 radical (unpaired) electrons. The van der Waals surface area contributed by atoms with Gasteiger partial charge >= 0.3 is 0 Å². The van der Waals surface area contributed by atoms with Crippen molar-refractivity contribution in [3.63, 3.8) is 0 Å². The van der Waals surface area contributed by atoms with Crippen molar-refractivity contribution in [3.05, 3.63) is 59.0 Å². The van der Waals surface area contributed by atoms with Gasteiger partial charge in [0.25, 0.3) is 5.91 Å². The molecule has 0 saturated carbocycles. The molecule has 1 N–H and O–H groups in total. The Kier molecular flexibility index (Phi) is 6.55. The number of ether oxygens (including phenoxy) is 1. The highest BCUT2D eigenvalue weighted by Crippen LogP contribution is 2.13. The van der Waals surface area contributed by atoms with E-state index >= 15 is 0 Å². The number of benzene rings is 1. The van der Waals surface area contributed by atoms with Crippen molar-refractivity contribution in [1.29, 1.82) is 0 Å². The largest absolute Gasteiger partial charge is 0.455 e. The van der Waals surface area contributed by atoms with Gasteiger partial charge in [0.2, 0.25) is 0 Å². The maximum atomic E-state index is 12.2. The number of carbonyl (C=O) groups is 1. The van der Waals surface area contributed by atoms with Gasteiger partial charge in [-0.25, -0.2) is 0 Å². The molecule has 2 rings (SSSR count). The second-order valence-electron chi connectivity index (χ2n) is 5.23. The van der Waals surface area contributed by atoms with Gasteiger partial charge in [-0.2, -0.15) is 0 Å². The first-order valence-electron chi connectivity index (χ1n) is 7.35. The first kappa shape index (κ1) is 17.4. The number of rotatable bonds is 8. The molecule has 0 aliphatic rings. The highest BCUT2D eigenvalue weighted by atomic mass is 32.2. The van der Waals surface area contributed by atoms with Crippen LogP contribution in [0.15, 0.2) is 40.8 Å². The van der Waals surface area contributed by atoms with Crippen LogP contribution in [-0.2, 0) is 27.0 Å². The number of amides is 1. The molecule has 124 valence electrons. The lowest BCUT2D eigenvalue weighted by Gasteiger charge is -2.03. The van der Waals surface area contributed by atoms with Crippen LogP contribution in [-0.4, -0.2) is 30.4 Å². The van der Waals surface area contributed by atoms with Crippen LogP contribution >= 0.6 is 0 Å². The van der Waals surface area contributed by atoms with E-state index in [2.05, 4.69) is 5.32 Å². The Labute approximate surface area is 138 Å². The van der Waals surface area contributed by atoms with E-state index in [0.717, 1.165) is 5.56 Å². The predicted molar refractivity (Wildman–Crippen MR) is 89.6 cm³/mol. The van der Waals surface area contributed by atoms with E-state index < -0.39 is 10.8 Å². The normalized spacial score (nSPS) is 12.1. The lowest BCUT2D eigenvalue weighted by molar-refractivity contribution is 0.0908. The molecule has 0 bridgehead atoms. The van der Waals surface area contributed by atoms with Crippen LogP contribution in [0, 0.1) is 6.92 Å². The summed E-state index contributed by atoms with van der Waals surface area (Å²) < 4.78 is 22.5. The quantitative estimate of drug-likeness (QED) is 0.752. The summed E-state index contributed by atoms with van der Waals surface area (Å²) in [4.78, 5) is 11.8. The Balaban J connectivity index is 1.87. The number of nitrogens with one attached hydrogen (secondary N) is 1. The molecule has 0 aliphatic heterocycles. The zero-order chi connectivity index (χ0) is 16.7. The average Bonchev–Trinajstić information content (AvgIpc) is 2.98. The van der Waals surface area contributed by atoms with Gasteiger partial charge in [-0.15, -0.1) is 0 Å². The molecule has 0 aliphatic carbocycles. The molecule has 0 unspecified atom stereocenters. The average molecular weight is 335 g/mol. The van der Waals surface area contributed by atoms with Gasteiger partial charge in [0.1, 0.15) is 5.76 Å². The minimum atomic E-state index is -1.08. The zero-order valence-corrected chi connectivity index (χ0v) is 14.2. The maximum absolute atomic E-state index is 12.2. The fourth-order valence-electron chi connectivity index (χ4n) is 2.01. The highest BCUT2D eigenvalue weighted by molar-refractivity contribution is 7.83. The summed E-state index contributed by atoms with van der Waals surface area (Å²) in [5, 5.41) is 2.68. The topological polar surface area (TPSA) is 68.5 Å². The smallest absolute Gasteiger partial charge is 0.287 e. The van der Waals surface area contributed by atoms with Crippen molar-refractivity contribution in [1.82, 2.24) is 5.32 Å². The van der Waals surface area contributed by atoms with Crippen molar-refractivity contribution in [2.45, 2.75) is 18.4 Å². The third-order valence-corrected chi connectivity index (χ3v) is 4.49. The van der Waals surface area contributed by atoms with Crippen LogP contribution in [0.4, 0.5) is 0 Å². The van der Waals surface area contributed by atoms with E-state index in [1.807, 2.05) is 31.2 Å². The second-order valence-corrected chi connectivity index (χ2v) is 6.69. The van der Waals surface area contributed by atoms with Crippen LogP contribution in [0.5, 0.6) is 0 Å². The molecule has 0 saturated heterocycles. The van der Waals surface area contributed by atoms with Gasteiger partial charge in [-0.05, 0) is 24.6 Å². The lowest BCUT2D eigenvalue weighted by atomic mass is 10.2. The molecule has 0 spiro atoms. The number of aryl methyl sites for hydroxylation is 1. The molecule has 2 aromatic rings. The van der Waals surface area contributed by atoms with Crippen LogP contribution in [0.2, 0.25) is 0 Å². The van der Waals surface area contributed by atoms with E-state index in [4.69, 9.17) is 9.15 Å². The molecule has 6 heteroatoms. The van der Waals surface area contributed by atoms with E-state index in [9.17, 15) is 9.00 Å². The number of hydrogen-bond donors (Lipinski definition) is 1.